The second kappa shape index (κ2) is 8.92. The van der Waals surface area contributed by atoms with Gasteiger partial charge < -0.3 is 19.4 Å². The van der Waals surface area contributed by atoms with Crippen molar-refractivity contribution in [3.8, 4) is 11.8 Å². The van der Waals surface area contributed by atoms with Crippen LogP contribution >= 0.6 is 0 Å². The van der Waals surface area contributed by atoms with E-state index >= 15 is 0 Å². The lowest BCUT2D eigenvalue weighted by Gasteiger charge is -2.34. The summed E-state index contributed by atoms with van der Waals surface area (Å²) in [6.07, 6.45) is 0.454. The van der Waals surface area contributed by atoms with Crippen molar-refractivity contribution in [2.24, 2.45) is 0 Å². The van der Waals surface area contributed by atoms with Crippen LogP contribution in [0.1, 0.15) is 62.0 Å². The van der Waals surface area contributed by atoms with Crippen LogP contribution in [0, 0.1) is 11.3 Å². The van der Waals surface area contributed by atoms with Crippen molar-refractivity contribution < 1.29 is 27.8 Å². The van der Waals surface area contributed by atoms with Gasteiger partial charge in [0.15, 0.2) is 5.78 Å². The average Bonchev–Trinajstić information content (AvgIpc) is 3.09. The molecule has 0 aliphatic carbocycles. The summed E-state index contributed by atoms with van der Waals surface area (Å²) in [6.45, 7) is 3.27. The van der Waals surface area contributed by atoms with Crippen LogP contribution in [0.4, 0.5) is 13.6 Å². The summed E-state index contributed by atoms with van der Waals surface area (Å²) < 4.78 is 36.2. The van der Waals surface area contributed by atoms with Gasteiger partial charge in [-0.2, -0.15) is 14.0 Å². The third kappa shape index (κ3) is 5.51. The number of nitrogens with zero attached hydrogens (tertiary/aromatic N) is 2. The number of carbonyl (C=O) groups is 2. The van der Waals surface area contributed by atoms with Crippen molar-refractivity contribution >= 4 is 22.8 Å². The second-order valence-electron chi connectivity index (χ2n) is 8.54. The summed E-state index contributed by atoms with van der Waals surface area (Å²) in [5, 5.41) is 9.28. The number of hydrogen-bond acceptors (Lipinski definition) is 5. The fourth-order valence-electron chi connectivity index (χ4n) is 3.71. The monoisotopic (exact) mass is 433 g/mol. The summed E-state index contributed by atoms with van der Waals surface area (Å²) in [6, 6.07) is 6.53. The Bertz CT molecular complexity index is 1010. The van der Waals surface area contributed by atoms with E-state index in [2.05, 4.69) is 4.98 Å². The molecule has 3 rings (SSSR count). The van der Waals surface area contributed by atoms with Crippen molar-refractivity contribution in [3.05, 3.63) is 29.5 Å². The summed E-state index contributed by atoms with van der Waals surface area (Å²) in [5.74, 6) is -0.419. The van der Waals surface area contributed by atoms with Crippen LogP contribution in [0.15, 0.2) is 18.2 Å². The van der Waals surface area contributed by atoms with Crippen LogP contribution in [0.5, 0.6) is 5.75 Å². The molecule has 1 aromatic carbocycles. The Labute approximate surface area is 178 Å². The zero-order valence-electron chi connectivity index (χ0n) is 17.7. The Morgan fingerprint density at radius 1 is 1.26 bits per heavy atom. The average molecular weight is 433 g/mol. The molecule has 1 saturated heterocycles. The number of H-pyrrole nitrogens is 1. The number of halogens is 2. The van der Waals surface area contributed by atoms with E-state index in [1.165, 1.54) is 12.1 Å². The van der Waals surface area contributed by atoms with Gasteiger partial charge >= 0.3 is 12.7 Å². The highest BCUT2D eigenvalue weighted by molar-refractivity contribution is 6.00. The number of benzene rings is 1. The number of fused-ring (bicyclic) bond motifs is 1. The van der Waals surface area contributed by atoms with Gasteiger partial charge in [0.2, 0.25) is 0 Å². The van der Waals surface area contributed by atoms with E-state index < -0.39 is 18.3 Å². The number of ketones is 1. The van der Waals surface area contributed by atoms with Gasteiger partial charge in [-0.3, -0.25) is 4.79 Å². The highest BCUT2D eigenvalue weighted by Crippen LogP contribution is 2.38. The lowest BCUT2D eigenvalue weighted by atomic mass is 9.88. The first-order chi connectivity index (χ1) is 14.6. The maximum absolute atomic E-state index is 13.0. The maximum Gasteiger partial charge on any atom is 0.410 e. The molecule has 2 heterocycles. The van der Waals surface area contributed by atoms with Crippen LogP contribution in [-0.2, 0) is 4.74 Å². The van der Waals surface area contributed by atoms with Gasteiger partial charge in [-0.15, -0.1) is 0 Å². The molecule has 0 spiro atoms. The molecule has 0 radical (unpaired) electrons. The third-order valence-electron chi connectivity index (χ3n) is 5.09. The van der Waals surface area contributed by atoms with Gasteiger partial charge in [-0.1, -0.05) is 0 Å². The number of alkyl halides is 2. The van der Waals surface area contributed by atoms with Crippen LogP contribution in [-0.4, -0.2) is 47.1 Å². The van der Waals surface area contributed by atoms with E-state index in [-0.39, 0.29) is 29.6 Å². The second-order valence-corrected chi connectivity index (χ2v) is 8.54. The van der Waals surface area contributed by atoms with E-state index in [1.54, 1.807) is 37.8 Å². The number of Topliss-reactive ketones (excluding diaryl/α,β-unsaturated/α-hetero) is 1. The fraction of sp³-hybridized carbons (Fsp3) is 0.500. The Kier molecular flexibility index (Phi) is 6.48. The number of hydrogen-bond donors (Lipinski definition) is 1. The molecule has 166 valence electrons. The topological polar surface area (TPSA) is 95.4 Å². The molecule has 1 aromatic heterocycles. The minimum atomic E-state index is -2.99. The molecule has 1 fully saturated rings. The van der Waals surface area contributed by atoms with Crippen LogP contribution in [0.3, 0.4) is 0 Å². The van der Waals surface area contributed by atoms with Gasteiger partial charge in [0.25, 0.3) is 0 Å². The molecule has 2 aromatic rings. The minimum Gasteiger partial charge on any atom is -0.444 e. The standard InChI is InChI=1S/C22H25F2N3O4/c1-22(2,3)31-21(29)27-8-5-13(6-9-27)15-12-16-14(11-19(15)30-20(23)24)10-17(26-16)18(28)4-7-25/h10-13,20,26H,4-6,8-9H2,1-3H3. The molecular weight excluding hydrogens is 408 g/mol. The van der Waals surface area contributed by atoms with Crippen molar-refractivity contribution in [3.63, 3.8) is 0 Å². The molecule has 1 aliphatic heterocycles. The zero-order valence-corrected chi connectivity index (χ0v) is 17.7. The minimum absolute atomic E-state index is 0.0523. The number of amides is 1. The highest BCUT2D eigenvalue weighted by Gasteiger charge is 2.29. The zero-order chi connectivity index (χ0) is 22.8. The van der Waals surface area contributed by atoms with Crippen molar-refractivity contribution in [1.29, 1.82) is 5.26 Å². The summed E-state index contributed by atoms with van der Waals surface area (Å²) in [4.78, 5) is 28.9. The lowest BCUT2D eigenvalue weighted by Crippen LogP contribution is -2.41. The smallest absolute Gasteiger partial charge is 0.410 e. The number of likely N-dealkylation sites (tertiary alicyclic amines) is 1. The third-order valence-corrected chi connectivity index (χ3v) is 5.09. The largest absolute Gasteiger partial charge is 0.444 e. The normalized spacial score (nSPS) is 15.2. The molecule has 0 bridgehead atoms. The molecule has 0 unspecified atom stereocenters. The van der Waals surface area contributed by atoms with Crippen molar-refractivity contribution in [2.75, 3.05) is 13.1 Å². The Morgan fingerprint density at radius 3 is 2.52 bits per heavy atom. The predicted octanol–water partition coefficient (Wildman–Crippen LogP) is 4.98. The quantitative estimate of drug-likeness (QED) is 0.671. The molecule has 1 N–H and O–H groups in total. The molecular formula is C22H25F2N3O4. The number of carbonyl (C=O) groups excluding carboxylic acids is 2. The Morgan fingerprint density at radius 2 is 1.94 bits per heavy atom. The van der Waals surface area contributed by atoms with Gasteiger partial charge in [-0.05, 0) is 63.3 Å². The predicted molar refractivity (Wildman–Crippen MR) is 109 cm³/mol. The van der Waals surface area contributed by atoms with E-state index in [4.69, 9.17) is 14.7 Å². The van der Waals surface area contributed by atoms with Gasteiger partial charge in [0.05, 0.1) is 11.8 Å². The Balaban J connectivity index is 1.84. The maximum atomic E-state index is 13.0. The summed E-state index contributed by atoms with van der Waals surface area (Å²) >= 11 is 0. The van der Waals surface area contributed by atoms with E-state index in [1.807, 2.05) is 0 Å². The molecule has 9 heteroatoms. The summed E-state index contributed by atoms with van der Waals surface area (Å²) in [5.41, 5.74) is 0.854. The van der Waals surface area contributed by atoms with E-state index in [9.17, 15) is 18.4 Å². The number of nitrogens with one attached hydrogen (secondary N) is 1. The number of piperidine rings is 1. The summed E-state index contributed by atoms with van der Waals surface area (Å²) in [7, 11) is 0. The number of aromatic amines is 1. The SMILES string of the molecule is CC(C)(C)OC(=O)N1CCC(c2cc3[nH]c(C(=O)CC#N)cc3cc2OC(F)F)CC1. The lowest BCUT2D eigenvalue weighted by molar-refractivity contribution is -0.0506. The van der Waals surface area contributed by atoms with Gasteiger partial charge in [0.1, 0.15) is 17.8 Å². The van der Waals surface area contributed by atoms with Crippen molar-refractivity contribution in [1.82, 2.24) is 9.88 Å². The first-order valence-corrected chi connectivity index (χ1v) is 10.1. The van der Waals surface area contributed by atoms with Crippen LogP contribution in [0.2, 0.25) is 0 Å². The van der Waals surface area contributed by atoms with Crippen molar-refractivity contribution in [2.45, 2.75) is 58.2 Å². The molecule has 31 heavy (non-hydrogen) atoms. The number of ether oxygens (including phenoxy) is 2. The first-order valence-electron chi connectivity index (χ1n) is 10.1. The Hall–Kier alpha value is -3.15. The molecule has 1 aliphatic rings. The van der Waals surface area contributed by atoms with E-state index in [0.29, 0.717) is 42.4 Å². The first kappa shape index (κ1) is 22.5. The molecule has 0 saturated carbocycles. The number of aromatic nitrogens is 1. The van der Waals surface area contributed by atoms with Crippen LogP contribution < -0.4 is 4.74 Å². The van der Waals surface area contributed by atoms with Crippen LogP contribution in [0.25, 0.3) is 10.9 Å². The molecule has 7 nitrogen and oxygen atoms in total. The fourth-order valence-corrected chi connectivity index (χ4v) is 3.71. The number of nitriles is 1. The molecule has 0 atom stereocenters. The van der Waals surface area contributed by atoms with Gasteiger partial charge in [0, 0.05) is 24.0 Å². The number of rotatable bonds is 5. The molecule has 1 amide bonds. The van der Waals surface area contributed by atoms with E-state index in [0.717, 1.165) is 0 Å². The van der Waals surface area contributed by atoms with Gasteiger partial charge in [-0.25, -0.2) is 4.79 Å². The highest BCUT2D eigenvalue weighted by atomic mass is 19.3.